The third-order valence-electron chi connectivity index (χ3n) is 3.69. The van der Waals surface area contributed by atoms with Crippen molar-refractivity contribution in [2.45, 2.75) is 6.92 Å². The van der Waals surface area contributed by atoms with Gasteiger partial charge in [-0.2, -0.15) is 0 Å². The van der Waals surface area contributed by atoms with E-state index in [0.29, 0.717) is 27.6 Å². The van der Waals surface area contributed by atoms with Crippen LogP contribution in [0.2, 0.25) is 5.15 Å². The van der Waals surface area contributed by atoms with Crippen molar-refractivity contribution in [3.8, 4) is 11.1 Å². The molecule has 0 N–H and O–H groups in total. The minimum Gasteiger partial charge on any atom is -0.465 e. The summed E-state index contributed by atoms with van der Waals surface area (Å²) in [5.41, 5.74) is 2.25. The SMILES string of the molecule is CCOC(=O)c1c2cccccc-2c2c(C(=O)OC)cc(Cl)nc12. The number of methoxy groups -OCH3 is 1. The van der Waals surface area contributed by atoms with E-state index in [0.717, 1.165) is 0 Å². The van der Waals surface area contributed by atoms with E-state index in [2.05, 4.69) is 4.98 Å². The second-order valence-corrected chi connectivity index (χ2v) is 5.43. The molecular formula is C18H14ClNO4. The Morgan fingerprint density at radius 3 is 2.50 bits per heavy atom. The van der Waals surface area contributed by atoms with Gasteiger partial charge in [0.15, 0.2) is 0 Å². The summed E-state index contributed by atoms with van der Waals surface area (Å²) in [6, 6.07) is 10.5. The number of carbonyl (C=O) groups is 2. The summed E-state index contributed by atoms with van der Waals surface area (Å²) in [5.74, 6) is -1.05. The number of aromatic nitrogens is 1. The van der Waals surface area contributed by atoms with E-state index in [-0.39, 0.29) is 17.3 Å². The molecule has 0 aliphatic heterocycles. The van der Waals surface area contributed by atoms with Gasteiger partial charge in [0.2, 0.25) is 0 Å². The third kappa shape index (κ3) is 2.57. The van der Waals surface area contributed by atoms with Crippen LogP contribution in [0.4, 0.5) is 0 Å². The summed E-state index contributed by atoms with van der Waals surface area (Å²) in [7, 11) is 1.29. The van der Waals surface area contributed by atoms with Gasteiger partial charge in [-0.15, -0.1) is 0 Å². The molecular weight excluding hydrogens is 330 g/mol. The Morgan fingerprint density at radius 1 is 1.12 bits per heavy atom. The lowest BCUT2D eigenvalue weighted by Crippen LogP contribution is -2.06. The molecule has 5 nitrogen and oxygen atoms in total. The second kappa shape index (κ2) is 6.45. The number of carbonyl (C=O) groups excluding carboxylic acids is 2. The molecule has 0 bridgehead atoms. The zero-order valence-corrected chi connectivity index (χ0v) is 13.9. The Hall–Kier alpha value is -2.66. The first-order valence-corrected chi connectivity index (χ1v) is 7.72. The molecule has 3 rings (SSSR count). The van der Waals surface area contributed by atoms with Crippen LogP contribution in [0.25, 0.3) is 22.0 Å². The lowest BCUT2D eigenvalue weighted by molar-refractivity contribution is 0.0528. The second-order valence-electron chi connectivity index (χ2n) is 5.04. The first kappa shape index (κ1) is 16.2. The number of fused-ring (bicyclic) bond motifs is 3. The number of ether oxygens (including phenoxy) is 2. The van der Waals surface area contributed by atoms with E-state index in [1.807, 2.05) is 24.3 Å². The highest BCUT2D eigenvalue weighted by molar-refractivity contribution is 6.31. The van der Waals surface area contributed by atoms with Gasteiger partial charge in [-0.3, -0.25) is 0 Å². The molecule has 0 saturated heterocycles. The first-order valence-electron chi connectivity index (χ1n) is 7.34. The van der Waals surface area contributed by atoms with Crippen molar-refractivity contribution < 1.29 is 19.1 Å². The van der Waals surface area contributed by atoms with E-state index < -0.39 is 11.9 Å². The molecule has 2 aliphatic rings. The maximum Gasteiger partial charge on any atom is 0.340 e. The smallest absolute Gasteiger partial charge is 0.340 e. The Morgan fingerprint density at radius 2 is 1.83 bits per heavy atom. The summed E-state index contributed by atoms with van der Waals surface area (Å²) in [5, 5.41) is 0.633. The highest BCUT2D eigenvalue weighted by atomic mass is 35.5. The standard InChI is InChI=1S/C18H14ClNO4/c1-3-24-18(22)15-11-8-6-4-5-7-10(11)14-12(17(21)23-2)9-13(19)20-16(14)15/h4-9H,3H2,1-2H3. The van der Waals surface area contributed by atoms with Gasteiger partial charge in [0, 0.05) is 5.39 Å². The first-order chi connectivity index (χ1) is 11.6. The maximum absolute atomic E-state index is 12.5. The van der Waals surface area contributed by atoms with Gasteiger partial charge in [-0.05, 0) is 24.1 Å². The Labute approximate surface area is 143 Å². The molecule has 0 unspecified atom stereocenters. The van der Waals surface area contributed by atoms with Crippen LogP contribution in [0.5, 0.6) is 0 Å². The lowest BCUT2D eigenvalue weighted by atomic mass is 10.1. The average molecular weight is 344 g/mol. The van der Waals surface area contributed by atoms with Crippen molar-refractivity contribution in [2.24, 2.45) is 0 Å². The molecule has 0 saturated carbocycles. The van der Waals surface area contributed by atoms with Gasteiger partial charge in [-0.25, -0.2) is 14.6 Å². The molecule has 1 aromatic heterocycles. The van der Waals surface area contributed by atoms with E-state index in [4.69, 9.17) is 21.1 Å². The molecule has 1 aromatic rings. The van der Waals surface area contributed by atoms with E-state index >= 15 is 0 Å². The van der Waals surface area contributed by atoms with Crippen LogP contribution in [0.3, 0.4) is 0 Å². The third-order valence-corrected chi connectivity index (χ3v) is 3.88. The number of halogens is 1. The molecule has 0 amide bonds. The largest absolute Gasteiger partial charge is 0.465 e. The van der Waals surface area contributed by atoms with Crippen LogP contribution >= 0.6 is 11.6 Å². The van der Waals surface area contributed by atoms with Gasteiger partial charge in [0.1, 0.15) is 5.15 Å². The monoisotopic (exact) mass is 343 g/mol. The molecule has 1 heterocycles. The van der Waals surface area contributed by atoms with Crippen LogP contribution in [0, 0.1) is 0 Å². The van der Waals surface area contributed by atoms with E-state index in [1.54, 1.807) is 13.0 Å². The molecule has 122 valence electrons. The predicted octanol–water partition coefficient (Wildman–Crippen LogP) is 3.96. The normalized spacial score (nSPS) is 10.8. The fraction of sp³-hybridized carbons (Fsp3) is 0.167. The zero-order chi connectivity index (χ0) is 17.3. The molecule has 0 atom stereocenters. The molecule has 2 aliphatic carbocycles. The molecule has 0 fully saturated rings. The van der Waals surface area contributed by atoms with Crippen molar-refractivity contribution in [3.63, 3.8) is 0 Å². The number of pyridine rings is 1. The van der Waals surface area contributed by atoms with Gasteiger partial charge in [0.25, 0.3) is 0 Å². The zero-order valence-electron chi connectivity index (χ0n) is 13.1. The minimum atomic E-state index is -0.543. The van der Waals surface area contributed by atoms with Gasteiger partial charge < -0.3 is 9.47 Å². The molecule has 6 heteroatoms. The van der Waals surface area contributed by atoms with Crippen molar-refractivity contribution in [2.75, 3.05) is 13.7 Å². The van der Waals surface area contributed by atoms with Crippen LogP contribution in [-0.4, -0.2) is 30.6 Å². The highest BCUT2D eigenvalue weighted by Crippen LogP contribution is 2.40. The van der Waals surface area contributed by atoms with E-state index in [9.17, 15) is 9.59 Å². The van der Waals surface area contributed by atoms with Gasteiger partial charge in [-0.1, -0.05) is 41.9 Å². The maximum atomic E-state index is 12.5. The fourth-order valence-corrected chi connectivity index (χ4v) is 2.95. The van der Waals surface area contributed by atoms with Crippen LogP contribution in [-0.2, 0) is 9.47 Å². The van der Waals surface area contributed by atoms with Crippen molar-refractivity contribution in [1.82, 2.24) is 4.98 Å². The number of hydrogen-bond donors (Lipinski definition) is 0. The van der Waals surface area contributed by atoms with E-state index in [1.165, 1.54) is 13.2 Å². The molecule has 0 radical (unpaired) electrons. The molecule has 0 aromatic carbocycles. The van der Waals surface area contributed by atoms with Crippen LogP contribution < -0.4 is 0 Å². The predicted molar refractivity (Wildman–Crippen MR) is 90.7 cm³/mol. The summed E-state index contributed by atoms with van der Waals surface area (Å²) < 4.78 is 10.0. The highest BCUT2D eigenvalue weighted by Gasteiger charge is 2.28. The summed E-state index contributed by atoms with van der Waals surface area (Å²) in [4.78, 5) is 28.9. The molecule has 24 heavy (non-hydrogen) atoms. The fourth-order valence-electron chi connectivity index (χ4n) is 2.76. The Balaban J connectivity index is 2.48. The average Bonchev–Trinajstić information content (AvgIpc) is 2.71. The van der Waals surface area contributed by atoms with Gasteiger partial charge in [0.05, 0.1) is 30.4 Å². The molecule has 0 spiro atoms. The number of nitrogens with zero attached hydrogens (tertiary/aromatic N) is 1. The van der Waals surface area contributed by atoms with Crippen molar-refractivity contribution in [1.29, 1.82) is 0 Å². The van der Waals surface area contributed by atoms with Gasteiger partial charge >= 0.3 is 11.9 Å². The van der Waals surface area contributed by atoms with Crippen molar-refractivity contribution in [3.05, 3.63) is 52.7 Å². The number of rotatable bonds is 3. The quantitative estimate of drug-likeness (QED) is 0.532. The number of hydrogen-bond acceptors (Lipinski definition) is 5. The Bertz CT molecular complexity index is 922. The summed E-state index contributed by atoms with van der Waals surface area (Å²) >= 11 is 6.06. The lowest BCUT2D eigenvalue weighted by Gasteiger charge is -2.04. The minimum absolute atomic E-state index is 0.105. The van der Waals surface area contributed by atoms with Crippen LogP contribution in [0.15, 0.2) is 36.4 Å². The summed E-state index contributed by atoms with van der Waals surface area (Å²) in [6.07, 6.45) is 0. The number of esters is 2. The Kier molecular flexibility index (Phi) is 4.36. The topological polar surface area (TPSA) is 65.5 Å². The summed E-state index contributed by atoms with van der Waals surface area (Å²) in [6.45, 7) is 1.96. The van der Waals surface area contributed by atoms with Crippen LogP contribution in [0.1, 0.15) is 27.6 Å². The van der Waals surface area contributed by atoms with Crippen molar-refractivity contribution >= 4 is 34.4 Å².